The third kappa shape index (κ3) is 2.57. The Labute approximate surface area is 91.7 Å². The average Bonchev–Trinajstić information content (AvgIpc) is 2.30. The summed E-state index contributed by atoms with van der Waals surface area (Å²) in [6.07, 6.45) is 4.31. The molecule has 0 aromatic carbocycles. The summed E-state index contributed by atoms with van der Waals surface area (Å²) in [5.74, 6) is 1.09. The first-order valence-electron chi connectivity index (χ1n) is 5.81. The Morgan fingerprint density at radius 3 is 3.00 bits per heavy atom. The van der Waals surface area contributed by atoms with E-state index in [1.165, 1.54) is 17.7 Å². The molecule has 0 saturated carbocycles. The highest BCUT2D eigenvalue weighted by molar-refractivity contribution is 5.22. The Morgan fingerprint density at radius 1 is 1.47 bits per heavy atom. The van der Waals surface area contributed by atoms with Gasteiger partial charge in [-0.2, -0.15) is 0 Å². The van der Waals surface area contributed by atoms with E-state index in [9.17, 15) is 0 Å². The molecule has 0 unspecified atom stereocenters. The minimum Gasteiger partial charge on any atom is -0.381 e. The molecule has 1 aliphatic rings. The van der Waals surface area contributed by atoms with Crippen LogP contribution in [0, 0.1) is 0 Å². The van der Waals surface area contributed by atoms with Gasteiger partial charge < -0.3 is 4.74 Å². The van der Waals surface area contributed by atoms with Gasteiger partial charge in [-0.05, 0) is 36.5 Å². The number of rotatable bonds is 2. The van der Waals surface area contributed by atoms with Gasteiger partial charge in [-0.3, -0.25) is 4.98 Å². The van der Waals surface area contributed by atoms with Crippen molar-refractivity contribution in [2.45, 2.75) is 38.5 Å². The van der Waals surface area contributed by atoms with E-state index in [1.807, 2.05) is 6.20 Å². The smallest absolute Gasteiger partial charge is 0.0549 e. The first-order valence-corrected chi connectivity index (χ1v) is 5.81. The number of hydrogen-bond acceptors (Lipinski definition) is 2. The molecular weight excluding hydrogens is 186 g/mol. The van der Waals surface area contributed by atoms with Crippen molar-refractivity contribution in [1.29, 1.82) is 0 Å². The standard InChI is InChI=1S/C13H19NO/c1-10(2)11-5-6-14-13(8-11)12-4-3-7-15-9-12/h5-6,8,10,12H,3-4,7,9H2,1-2H3/t12-/m0/s1. The Hall–Kier alpha value is -0.890. The van der Waals surface area contributed by atoms with Crippen LogP contribution >= 0.6 is 0 Å². The monoisotopic (exact) mass is 205 g/mol. The Morgan fingerprint density at radius 2 is 2.33 bits per heavy atom. The van der Waals surface area contributed by atoms with Crippen LogP contribution in [-0.2, 0) is 4.74 Å². The fourth-order valence-corrected chi connectivity index (χ4v) is 2.02. The largest absolute Gasteiger partial charge is 0.381 e. The van der Waals surface area contributed by atoms with E-state index in [4.69, 9.17) is 4.74 Å². The van der Waals surface area contributed by atoms with E-state index in [0.717, 1.165) is 19.6 Å². The normalized spacial score (nSPS) is 21.9. The third-order valence-electron chi connectivity index (χ3n) is 3.05. The van der Waals surface area contributed by atoms with E-state index in [0.29, 0.717) is 11.8 Å². The quantitative estimate of drug-likeness (QED) is 0.740. The zero-order chi connectivity index (χ0) is 10.7. The summed E-state index contributed by atoms with van der Waals surface area (Å²) in [5.41, 5.74) is 2.59. The van der Waals surface area contributed by atoms with Gasteiger partial charge in [-0.25, -0.2) is 0 Å². The molecule has 1 aliphatic heterocycles. The Balaban J connectivity index is 2.16. The molecule has 1 aromatic rings. The molecule has 0 radical (unpaired) electrons. The minimum absolute atomic E-state index is 0.512. The third-order valence-corrected chi connectivity index (χ3v) is 3.05. The summed E-state index contributed by atoms with van der Waals surface area (Å²) < 4.78 is 5.50. The maximum absolute atomic E-state index is 5.50. The van der Waals surface area contributed by atoms with Crippen LogP contribution in [0.4, 0.5) is 0 Å². The molecular formula is C13H19NO. The fourth-order valence-electron chi connectivity index (χ4n) is 2.02. The van der Waals surface area contributed by atoms with Gasteiger partial charge in [0.15, 0.2) is 0 Å². The van der Waals surface area contributed by atoms with E-state index in [2.05, 4.69) is 31.0 Å². The van der Waals surface area contributed by atoms with Crippen LogP contribution in [-0.4, -0.2) is 18.2 Å². The van der Waals surface area contributed by atoms with Gasteiger partial charge in [0, 0.05) is 24.4 Å². The highest BCUT2D eigenvalue weighted by Crippen LogP contribution is 2.25. The number of hydrogen-bond donors (Lipinski definition) is 0. The van der Waals surface area contributed by atoms with E-state index < -0.39 is 0 Å². The average molecular weight is 205 g/mol. The summed E-state index contributed by atoms with van der Waals surface area (Å²) in [4.78, 5) is 4.47. The number of ether oxygens (including phenoxy) is 1. The Kier molecular flexibility index (Phi) is 3.37. The molecule has 0 N–H and O–H groups in total. The maximum atomic E-state index is 5.50. The van der Waals surface area contributed by atoms with Gasteiger partial charge in [-0.1, -0.05) is 13.8 Å². The second-order valence-electron chi connectivity index (χ2n) is 4.58. The number of pyridine rings is 1. The van der Waals surface area contributed by atoms with Crippen molar-refractivity contribution in [1.82, 2.24) is 4.98 Å². The molecule has 82 valence electrons. The molecule has 1 aromatic heterocycles. The first kappa shape index (κ1) is 10.6. The lowest BCUT2D eigenvalue weighted by Crippen LogP contribution is -2.16. The molecule has 1 saturated heterocycles. The van der Waals surface area contributed by atoms with Crippen LogP contribution in [0.3, 0.4) is 0 Å². The van der Waals surface area contributed by atoms with Crippen LogP contribution in [0.5, 0.6) is 0 Å². The zero-order valence-electron chi connectivity index (χ0n) is 9.57. The van der Waals surface area contributed by atoms with Gasteiger partial charge in [0.2, 0.25) is 0 Å². The van der Waals surface area contributed by atoms with E-state index >= 15 is 0 Å². The van der Waals surface area contributed by atoms with E-state index in [1.54, 1.807) is 0 Å². The lowest BCUT2D eigenvalue weighted by Gasteiger charge is -2.22. The molecule has 0 bridgehead atoms. The molecule has 1 fully saturated rings. The molecule has 2 rings (SSSR count). The first-order chi connectivity index (χ1) is 7.27. The maximum Gasteiger partial charge on any atom is 0.0549 e. The number of nitrogens with zero attached hydrogens (tertiary/aromatic N) is 1. The van der Waals surface area contributed by atoms with Crippen LogP contribution in [0.2, 0.25) is 0 Å². The Bertz CT molecular complexity index is 316. The van der Waals surface area contributed by atoms with Crippen molar-refractivity contribution in [2.75, 3.05) is 13.2 Å². The van der Waals surface area contributed by atoms with Crippen LogP contribution in [0.15, 0.2) is 18.3 Å². The predicted octanol–water partition coefficient (Wildman–Crippen LogP) is 3.10. The minimum atomic E-state index is 0.512. The second kappa shape index (κ2) is 4.75. The molecule has 0 spiro atoms. The highest BCUT2D eigenvalue weighted by Gasteiger charge is 2.17. The topological polar surface area (TPSA) is 22.1 Å². The molecule has 0 aliphatic carbocycles. The van der Waals surface area contributed by atoms with Crippen LogP contribution in [0.1, 0.15) is 49.8 Å². The lowest BCUT2D eigenvalue weighted by atomic mass is 9.95. The summed E-state index contributed by atoms with van der Waals surface area (Å²) in [5, 5.41) is 0. The van der Waals surface area contributed by atoms with Gasteiger partial charge in [-0.15, -0.1) is 0 Å². The van der Waals surface area contributed by atoms with Gasteiger partial charge in [0.1, 0.15) is 0 Å². The summed E-state index contributed by atoms with van der Waals surface area (Å²) in [6.45, 7) is 6.20. The van der Waals surface area contributed by atoms with Crippen molar-refractivity contribution < 1.29 is 4.74 Å². The van der Waals surface area contributed by atoms with Crippen molar-refractivity contribution >= 4 is 0 Å². The molecule has 2 heterocycles. The molecule has 15 heavy (non-hydrogen) atoms. The zero-order valence-corrected chi connectivity index (χ0v) is 9.57. The predicted molar refractivity (Wildman–Crippen MR) is 61.1 cm³/mol. The lowest BCUT2D eigenvalue weighted by molar-refractivity contribution is 0.0793. The van der Waals surface area contributed by atoms with Crippen molar-refractivity contribution in [3.63, 3.8) is 0 Å². The summed E-state index contributed by atoms with van der Waals surface area (Å²) >= 11 is 0. The summed E-state index contributed by atoms with van der Waals surface area (Å²) in [6, 6.07) is 4.35. The molecule has 2 heteroatoms. The number of aromatic nitrogens is 1. The van der Waals surface area contributed by atoms with Crippen molar-refractivity contribution in [3.8, 4) is 0 Å². The SMILES string of the molecule is CC(C)c1ccnc([C@H]2CCCOC2)c1. The van der Waals surface area contributed by atoms with Crippen LogP contribution < -0.4 is 0 Å². The fraction of sp³-hybridized carbons (Fsp3) is 0.615. The molecule has 2 nitrogen and oxygen atoms in total. The van der Waals surface area contributed by atoms with Crippen molar-refractivity contribution in [3.05, 3.63) is 29.6 Å². The molecule has 1 atom stereocenters. The second-order valence-corrected chi connectivity index (χ2v) is 4.58. The molecule has 0 amide bonds. The highest BCUT2D eigenvalue weighted by atomic mass is 16.5. The van der Waals surface area contributed by atoms with Gasteiger partial charge >= 0.3 is 0 Å². The van der Waals surface area contributed by atoms with Crippen molar-refractivity contribution in [2.24, 2.45) is 0 Å². The summed E-state index contributed by atoms with van der Waals surface area (Å²) in [7, 11) is 0. The van der Waals surface area contributed by atoms with Crippen LogP contribution in [0.25, 0.3) is 0 Å². The van der Waals surface area contributed by atoms with Gasteiger partial charge in [0.25, 0.3) is 0 Å². The van der Waals surface area contributed by atoms with E-state index in [-0.39, 0.29) is 0 Å². The van der Waals surface area contributed by atoms with Gasteiger partial charge in [0.05, 0.1) is 6.61 Å².